The Kier molecular flexibility index (Phi) is 4.13. The monoisotopic (exact) mass is 235 g/mol. The highest BCUT2D eigenvalue weighted by molar-refractivity contribution is 5.18. The fourth-order valence-electron chi connectivity index (χ4n) is 2.61. The van der Waals surface area contributed by atoms with E-state index in [0.29, 0.717) is 6.42 Å². The Morgan fingerprint density at radius 1 is 1.59 bits per heavy atom. The van der Waals surface area contributed by atoms with Gasteiger partial charge in [-0.3, -0.25) is 4.98 Å². The van der Waals surface area contributed by atoms with E-state index in [-0.39, 0.29) is 18.1 Å². The number of ether oxygens (including phenoxy) is 1. The van der Waals surface area contributed by atoms with Crippen molar-refractivity contribution in [2.24, 2.45) is 5.92 Å². The third kappa shape index (κ3) is 2.85. The van der Waals surface area contributed by atoms with E-state index in [1.807, 2.05) is 19.1 Å². The van der Waals surface area contributed by atoms with E-state index >= 15 is 0 Å². The molecular formula is C14H21NO2. The molecule has 0 bridgehead atoms. The number of hydrogen-bond donors (Lipinski definition) is 1. The minimum absolute atomic E-state index is 0.217. The summed E-state index contributed by atoms with van der Waals surface area (Å²) in [4.78, 5) is 4.34. The van der Waals surface area contributed by atoms with Gasteiger partial charge >= 0.3 is 0 Å². The molecular weight excluding hydrogens is 214 g/mol. The van der Waals surface area contributed by atoms with Crippen LogP contribution in [0.15, 0.2) is 18.3 Å². The van der Waals surface area contributed by atoms with Crippen LogP contribution in [-0.2, 0) is 11.2 Å². The van der Waals surface area contributed by atoms with Crippen LogP contribution in [0.1, 0.15) is 31.0 Å². The molecule has 3 heteroatoms. The van der Waals surface area contributed by atoms with Crippen molar-refractivity contribution in [3.05, 3.63) is 29.6 Å². The Hall–Kier alpha value is -0.930. The number of aliphatic hydroxyl groups excluding tert-OH is 1. The summed E-state index contributed by atoms with van der Waals surface area (Å²) >= 11 is 0. The van der Waals surface area contributed by atoms with Gasteiger partial charge in [-0.25, -0.2) is 0 Å². The van der Waals surface area contributed by atoms with Gasteiger partial charge in [-0.05, 0) is 31.4 Å². The van der Waals surface area contributed by atoms with E-state index < -0.39 is 0 Å². The first kappa shape index (κ1) is 12.5. The van der Waals surface area contributed by atoms with Crippen molar-refractivity contribution < 1.29 is 9.84 Å². The van der Waals surface area contributed by atoms with Crippen LogP contribution in [0.3, 0.4) is 0 Å². The SMILES string of the molecule is CCC1OCCC1C(O)Cc1ncccc1C. The van der Waals surface area contributed by atoms with Crippen LogP contribution in [0.5, 0.6) is 0 Å². The Bertz CT molecular complexity index is 367. The smallest absolute Gasteiger partial charge is 0.0649 e. The summed E-state index contributed by atoms with van der Waals surface area (Å²) in [5, 5.41) is 10.3. The Morgan fingerprint density at radius 2 is 2.41 bits per heavy atom. The highest BCUT2D eigenvalue weighted by Gasteiger charge is 2.32. The lowest BCUT2D eigenvalue weighted by atomic mass is 9.90. The van der Waals surface area contributed by atoms with Crippen molar-refractivity contribution in [2.45, 2.75) is 45.3 Å². The van der Waals surface area contributed by atoms with Crippen LogP contribution >= 0.6 is 0 Å². The van der Waals surface area contributed by atoms with Crippen molar-refractivity contribution in [3.8, 4) is 0 Å². The first-order valence-corrected chi connectivity index (χ1v) is 6.42. The summed E-state index contributed by atoms with van der Waals surface area (Å²) in [6.07, 6.45) is 4.24. The fourth-order valence-corrected chi connectivity index (χ4v) is 2.61. The lowest BCUT2D eigenvalue weighted by molar-refractivity contribution is 0.0313. The molecule has 3 unspecified atom stereocenters. The second-order valence-corrected chi connectivity index (χ2v) is 4.81. The maximum atomic E-state index is 10.3. The molecule has 1 fully saturated rings. The molecule has 0 aromatic carbocycles. The van der Waals surface area contributed by atoms with Crippen LogP contribution in [0.25, 0.3) is 0 Å². The molecule has 1 aliphatic rings. The molecule has 2 heterocycles. The average molecular weight is 235 g/mol. The van der Waals surface area contributed by atoms with E-state index in [0.717, 1.165) is 30.7 Å². The molecule has 2 rings (SSSR count). The molecule has 17 heavy (non-hydrogen) atoms. The van der Waals surface area contributed by atoms with Gasteiger partial charge in [0.1, 0.15) is 0 Å². The summed E-state index contributed by atoms with van der Waals surface area (Å²) in [6, 6.07) is 3.97. The van der Waals surface area contributed by atoms with Crippen LogP contribution in [0.2, 0.25) is 0 Å². The maximum absolute atomic E-state index is 10.3. The van der Waals surface area contributed by atoms with E-state index in [1.54, 1.807) is 6.20 Å². The predicted molar refractivity (Wildman–Crippen MR) is 66.8 cm³/mol. The van der Waals surface area contributed by atoms with Crippen molar-refractivity contribution in [1.82, 2.24) is 4.98 Å². The Morgan fingerprint density at radius 3 is 3.12 bits per heavy atom. The van der Waals surface area contributed by atoms with Gasteiger partial charge in [0.15, 0.2) is 0 Å². The zero-order valence-corrected chi connectivity index (χ0v) is 10.6. The predicted octanol–water partition coefficient (Wildman–Crippen LogP) is 2.11. The summed E-state index contributed by atoms with van der Waals surface area (Å²) in [6.45, 7) is 4.93. The molecule has 3 atom stereocenters. The van der Waals surface area contributed by atoms with Gasteiger partial charge in [-0.1, -0.05) is 13.0 Å². The number of rotatable bonds is 4. The van der Waals surface area contributed by atoms with E-state index in [4.69, 9.17) is 4.74 Å². The van der Waals surface area contributed by atoms with Gasteiger partial charge in [0.2, 0.25) is 0 Å². The van der Waals surface area contributed by atoms with Crippen molar-refractivity contribution in [1.29, 1.82) is 0 Å². The van der Waals surface area contributed by atoms with Crippen molar-refractivity contribution >= 4 is 0 Å². The lowest BCUT2D eigenvalue weighted by Crippen LogP contribution is -2.30. The quantitative estimate of drug-likeness (QED) is 0.869. The number of pyridine rings is 1. The van der Waals surface area contributed by atoms with Gasteiger partial charge < -0.3 is 9.84 Å². The molecule has 94 valence electrons. The Balaban J connectivity index is 2.01. The van der Waals surface area contributed by atoms with Crippen molar-refractivity contribution in [2.75, 3.05) is 6.61 Å². The molecule has 0 radical (unpaired) electrons. The highest BCUT2D eigenvalue weighted by atomic mass is 16.5. The summed E-state index contributed by atoms with van der Waals surface area (Å²) in [5.74, 6) is 0.265. The van der Waals surface area contributed by atoms with Crippen LogP contribution in [0, 0.1) is 12.8 Å². The van der Waals surface area contributed by atoms with Gasteiger partial charge in [0.25, 0.3) is 0 Å². The number of aliphatic hydroxyl groups is 1. The Labute approximate surface area is 103 Å². The largest absolute Gasteiger partial charge is 0.392 e. The molecule has 1 aromatic rings. The minimum atomic E-state index is -0.337. The normalized spacial score (nSPS) is 26.1. The molecule has 1 N–H and O–H groups in total. The summed E-state index contributed by atoms with van der Waals surface area (Å²) < 4.78 is 5.62. The van der Waals surface area contributed by atoms with E-state index in [2.05, 4.69) is 11.9 Å². The first-order chi connectivity index (χ1) is 8.22. The fraction of sp³-hybridized carbons (Fsp3) is 0.643. The van der Waals surface area contributed by atoms with Gasteiger partial charge in [-0.2, -0.15) is 0 Å². The number of hydrogen-bond acceptors (Lipinski definition) is 3. The average Bonchev–Trinajstić information content (AvgIpc) is 2.80. The molecule has 1 aromatic heterocycles. The zero-order valence-electron chi connectivity index (χ0n) is 10.6. The molecule has 0 saturated carbocycles. The standard InChI is InChI=1S/C14H21NO2/c1-3-14-11(6-8-17-14)13(16)9-12-10(2)5-4-7-15-12/h4-5,7,11,13-14,16H,3,6,8-9H2,1-2H3. The maximum Gasteiger partial charge on any atom is 0.0649 e. The van der Waals surface area contributed by atoms with Gasteiger partial charge in [0, 0.05) is 30.8 Å². The molecule has 1 aliphatic heterocycles. The number of aryl methyl sites for hydroxylation is 1. The van der Waals surface area contributed by atoms with Gasteiger partial charge in [-0.15, -0.1) is 0 Å². The van der Waals surface area contributed by atoms with E-state index in [9.17, 15) is 5.11 Å². The van der Waals surface area contributed by atoms with Crippen molar-refractivity contribution in [3.63, 3.8) is 0 Å². The van der Waals surface area contributed by atoms with Crippen LogP contribution in [0.4, 0.5) is 0 Å². The first-order valence-electron chi connectivity index (χ1n) is 6.42. The van der Waals surface area contributed by atoms with Crippen LogP contribution < -0.4 is 0 Å². The number of nitrogens with zero attached hydrogens (tertiary/aromatic N) is 1. The second-order valence-electron chi connectivity index (χ2n) is 4.81. The molecule has 0 amide bonds. The topological polar surface area (TPSA) is 42.4 Å². The van der Waals surface area contributed by atoms with Gasteiger partial charge in [0.05, 0.1) is 12.2 Å². The zero-order chi connectivity index (χ0) is 12.3. The molecule has 0 aliphatic carbocycles. The van der Waals surface area contributed by atoms with E-state index in [1.165, 1.54) is 0 Å². The lowest BCUT2D eigenvalue weighted by Gasteiger charge is -2.22. The molecule has 1 saturated heterocycles. The third-order valence-electron chi connectivity index (χ3n) is 3.68. The summed E-state index contributed by atoms with van der Waals surface area (Å²) in [7, 11) is 0. The van der Waals surface area contributed by atoms with Crippen LogP contribution in [-0.4, -0.2) is 28.9 Å². The minimum Gasteiger partial charge on any atom is -0.392 e. The summed E-state index contributed by atoms with van der Waals surface area (Å²) in [5.41, 5.74) is 2.15. The third-order valence-corrected chi connectivity index (χ3v) is 3.68. The molecule has 3 nitrogen and oxygen atoms in total. The second kappa shape index (κ2) is 5.61. The molecule has 0 spiro atoms. The highest BCUT2D eigenvalue weighted by Crippen LogP contribution is 2.28. The number of aromatic nitrogens is 1.